The molecule has 0 atom stereocenters. The van der Waals surface area contributed by atoms with Gasteiger partial charge in [0.05, 0.1) is 16.9 Å². The lowest BCUT2D eigenvalue weighted by atomic mass is 9.99. The van der Waals surface area contributed by atoms with E-state index < -0.39 is 17.8 Å². The van der Waals surface area contributed by atoms with Crippen LogP contribution in [0.2, 0.25) is 0 Å². The van der Waals surface area contributed by atoms with Gasteiger partial charge in [0.25, 0.3) is 0 Å². The van der Waals surface area contributed by atoms with E-state index >= 15 is 0 Å². The van der Waals surface area contributed by atoms with Crippen molar-refractivity contribution < 1.29 is 18.0 Å². The fourth-order valence-corrected chi connectivity index (χ4v) is 2.83. The van der Waals surface area contributed by atoms with E-state index in [1.807, 2.05) is 6.20 Å². The van der Waals surface area contributed by atoms with E-state index in [0.29, 0.717) is 11.3 Å². The molecule has 9 heteroatoms. The number of aromatic nitrogens is 4. The number of amides is 1. The van der Waals surface area contributed by atoms with Gasteiger partial charge in [-0.2, -0.15) is 18.3 Å². The number of nitrogens with zero attached hydrogens (tertiary/aromatic N) is 4. The second-order valence-electron chi connectivity index (χ2n) is 6.26. The number of alkyl halides is 3. The highest BCUT2D eigenvalue weighted by atomic mass is 19.4. The number of hydrogen-bond acceptors (Lipinski definition) is 4. The first-order valence-electron chi connectivity index (χ1n) is 8.65. The Labute approximate surface area is 159 Å². The third-order valence-electron chi connectivity index (χ3n) is 4.23. The topological polar surface area (TPSA) is 86.7 Å². The summed E-state index contributed by atoms with van der Waals surface area (Å²) in [5, 5.41) is 4.37. The summed E-state index contributed by atoms with van der Waals surface area (Å²) in [6.07, 6.45) is 5.64. The zero-order valence-corrected chi connectivity index (χ0v) is 14.9. The van der Waals surface area contributed by atoms with Crippen molar-refractivity contribution in [3.05, 3.63) is 71.6 Å². The first-order valence-corrected chi connectivity index (χ1v) is 8.65. The molecular formula is C19H18F3N5O. The Morgan fingerprint density at radius 1 is 1.14 bits per heavy atom. The summed E-state index contributed by atoms with van der Waals surface area (Å²) in [5.74, 6) is -0.442. The molecule has 0 aliphatic heterocycles. The summed E-state index contributed by atoms with van der Waals surface area (Å²) in [6, 6.07) is 5.85. The lowest BCUT2D eigenvalue weighted by Crippen LogP contribution is -2.10. The van der Waals surface area contributed by atoms with Gasteiger partial charge in [-0.1, -0.05) is 0 Å². The number of fused-ring (bicyclic) bond motifs is 1. The predicted octanol–water partition coefficient (Wildman–Crippen LogP) is 3.35. The minimum absolute atomic E-state index is 0.400. The highest BCUT2D eigenvalue weighted by molar-refractivity contribution is 5.92. The van der Waals surface area contributed by atoms with Crippen LogP contribution in [0.15, 0.2) is 49.1 Å². The fraction of sp³-hybridized carbons (Fsp3) is 0.263. The van der Waals surface area contributed by atoms with Gasteiger partial charge < -0.3 is 5.73 Å². The van der Waals surface area contributed by atoms with Crippen LogP contribution in [0.25, 0.3) is 5.69 Å². The van der Waals surface area contributed by atoms with Crippen molar-refractivity contribution in [3.8, 4) is 5.69 Å². The quantitative estimate of drug-likeness (QED) is 0.728. The number of carbonyl (C=O) groups is 1. The summed E-state index contributed by atoms with van der Waals surface area (Å²) in [7, 11) is 0. The molecule has 1 aliphatic rings. The second-order valence-corrected chi connectivity index (χ2v) is 6.26. The zero-order valence-electron chi connectivity index (χ0n) is 14.9. The van der Waals surface area contributed by atoms with Crippen molar-refractivity contribution >= 4 is 5.91 Å². The summed E-state index contributed by atoms with van der Waals surface area (Å²) >= 11 is 0. The number of carbonyl (C=O) groups excluding carboxylic acids is 1. The van der Waals surface area contributed by atoms with Crippen LogP contribution in [-0.4, -0.2) is 25.7 Å². The third kappa shape index (κ3) is 4.73. The number of primary amides is 1. The van der Waals surface area contributed by atoms with Crippen molar-refractivity contribution in [2.24, 2.45) is 5.73 Å². The highest BCUT2D eigenvalue weighted by Gasteiger charge is 2.32. The lowest BCUT2D eigenvalue weighted by molar-refractivity contribution is -0.141. The molecule has 146 valence electrons. The first-order chi connectivity index (χ1) is 13.3. The van der Waals surface area contributed by atoms with E-state index in [-0.39, 0.29) is 0 Å². The Morgan fingerprint density at radius 2 is 1.93 bits per heavy atom. The lowest BCUT2D eigenvalue weighted by Gasteiger charge is -2.07. The van der Waals surface area contributed by atoms with Crippen LogP contribution in [-0.2, 0) is 19.0 Å². The van der Waals surface area contributed by atoms with E-state index in [9.17, 15) is 18.0 Å². The Morgan fingerprint density at radius 3 is 2.54 bits per heavy atom. The highest BCUT2D eigenvalue weighted by Crippen LogP contribution is 2.29. The van der Waals surface area contributed by atoms with Crippen LogP contribution in [0.4, 0.5) is 13.2 Å². The number of rotatable bonds is 2. The second kappa shape index (κ2) is 8.20. The van der Waals surface area contributed by atoms with E-state index in [2.05, 4.69) is 15.1 Å². The average molecular weight is 389 g/mol. The molecule has 0 saturated heterocycles. The SMILES string of the molecule is FC(F)(F)c1cc(-n2cc3c(n2)CCCC3)ccn1.NC(=O)c1cccnc1. The Balaban J connectivity index is 0.000000211. The first kappa shape index (κ1) is 19.5. The third-order valence-corrected chi connectivity index (χ3v) is 4.23. The molecule has 0 unspecified atom stereocenters. The van der Waals surface area contributed by atoms with E-state index in [4.69, 9.17) is 5.73 Å². The molecule has 0 radical (unpaired) electrons. The van der Waals surface area contributed by atoms with Gasteiger partial charge in [0.15, 0.2) is 0 Å². The fourth-order valence-electron chi connectivity index (χ4n) is 2.83. The molecular weight excluding hydrogens is 371 g/mol. The standard InChI is InChI=1S/C13H12F3N3.C6H6N2O/c14-13(15,16)12-7-10(5-6-17-12)19-8-9-3-1-2-4-11(9)18-19;7-6(9)5-2-1-3-8-4-5/h5-8H,1-4H2;1-4H,(H2,7,9). The number of aryl methyl sites for hydroxylation is 2. The van der Waals surface area contributed by atoms with Crippen LogP contribution >= 0.6 is 0 Å². The Kier molecular flexibility index (Phi) is 5.72. The van der Waals surface area contributed by atoms with Crippen molar-refractivity contribution in [2.45, 2.75) is 31.9 Å². The number of hydrogen-bond donors (Lipinski definition) is 1. The molecule has 28 heavy (non-hydrogen) atoms. The van der Waals surface area contributed by atoms with Crippen LogP contribution in [0.5, 0.6) is 0 Å². The maximum absolute atomic E-state index is 12.6. The number of pyridine rings is 2. The minimum atomic E-state index is -4.43. The summed E-state index contributed by atoms with van der Waals surface area (Å²) < 4.78 is 39.4. The summed E-state index contributed by atoms with van der Waals surface area (Å²) in [4.78, 5) is 17.4. The van der Waals surface area contributed by atoms with Gasteiger partial charge in [-0.3, -0.25) is 14.8 Å². The van der Waals surface area contributed by atoms with Crippen molar-refractivity contribution in [1.29, 1.82) is 0 Å². The monoisotopic (exact) mass is 389 g/mol. The summed E-state index contributed by atoms with van der Waals surface area (Å²) in [5.41, 5.74) is 7.02. The largest absolute Gasteiger partial charge is 0.433 e. The van der Waals surface area contributed by atoms with Gasteiger partial charge in [0, 0.05) is 24.8 Å². The predicted molar refractivity (Wildman–Crippen MR) is 95.8 cm³/mol. The van der Waals surface area contributed by atoms with Gasteiger partial charge in [-0.15, -0.1) is 0 Å². The normalized spacial score (nSPS) is 13.2. The van der Waals surface area contributed by atoms with Gasteiger partial charge in [0.1, 0.15) is 5.69 Å². The maximum atomic E-state index is 12.6. The molecule has 4 rings (SSSR count). The van der Waals surface area contributed by atoms with Crippen molar-refractivity contribution in [1.82, 2.24) is 19.7 Å². The zero-order chi connectivity index (χ0) is 20.1. The van der Waals surface area contributed by atoms with Gasteiger partial charge >= 0.3 is 6.18 Å². The molecule has 0 saturated carbocycles. The molecule has 1 aliphatic carbocycles. The number of halogens is 3. The van der Waals surface area contributed by atoms with E-state index in [0.717, 1.165) is 43.0 Å². The Hall–Kier alpha value is -3.23. The van der Waals surface area contributed by atoms with E-state index in [1.165, 1.54) is 23.1 Å². The van der Waals surface area contributed by atoms with Crippen LogP contribution in [0, 0.1) is 0 Å². The molecule has 2 N–H and O–H groups in total. The maximum Gasteiger partial charge on any atom is 0.433 e. The van der Waals surface area contributed by atoms with Crippen molar-refractivity contribution in [3.63, 3.8) is 0 Å². The summed E-state index contributed by atoms with van der Waals surface area (Å²) in [6.45, 7) is 0. The molecule has 6 nitrogen and oxygen atoms in total. The Bertz CT molecular complexity index is 930. The molecule has 0 spiro atoms. The minimum Gasteiger partial charge on any atom is -0.366 e. The molecule has 3 heterocycles. The molecule has 3 aromatic rings. The molecule has 3 aromatic heterocycles. The number of nitrogens with two attached hydrogens (primary N) is 1. The molecule has 0 aromatic carbocycles. The van der Waals surface area contributed by atoms with Gasteiger partial charge in [0.2, 0.25) is 5.91 Å². The van der Waals surface area contributed by atoms with E-state index in [1.54, 1.807) is 18.3 Å². The van der Waals surface area contributed by atoms with Gasteiger partial charge in [-0.05, 0) is 55.5 Å². The molecule has 0 bridgehead atoms. The smallest absolute Gasteiger partial charge is 0.366 e. The van der Waals surface area contributed by atoms with Crippen molar-refractivity contribution in [2.75, 3.05) is 0 Å². The molecule has 0 fully saturated rings. The average Bonchev–Trinajstić information content (AvgIpc) is 3.13. The van der Waals surface area contributed by atoms with Crippen LogP contribution in [0.3, 0.4) is 0 Å². The molecule has 1 amide bonds. The van der Waals surface area contributed by atoms with Gasteiger partial charge in [-0.25, -0.2) is 4.68 Å². The van der Waals surface area contributed by atoms with Crippen LogP contribution < -0.4 is 5.73 Å². The van der Waals surface area contributed by atoms with Crippen LogP contribution in [0.1, 0.15) is 40.2 Å².